The van der Waals surface area contributed by atoms with E-state index in [0.29, 0.717) is 12.0 Å². The maximum absolute atomic E-state index is 11.5. The monoisotopic (exact) mass is 283 g/mol. The van der Waals surface area contributed by atoms with Crippen molar-refractivity contribution in [3.05, 3.63) is 21.6 Å². The number of halogens is 1. The molecule has 6 heteroatoms. The number of hydrogen-bond acceptors (Lipinski definition) is 4. The molecule has 2 aliphatic heterocycles. The largest absolute Gasteiger partial charge is 0.378 e. The van der Waals surface area contributed by atoms with E-state index in [1.54, 1.807) is 6.20 Å². The minimum atomic E-state index is -0.319. The molecule has 2 fully saturated rings. The van der Waals surface area contributed by atoms with E-state index in [2.05, 4.69) is 15.1 Å². The fraction of sp³-hybridized carbons (Fsp3) is 0.692. The van der Waals surface area contributed by atoms with Crippen molar-refractivity contribution in [3.8, 4) is 0 Å². The third kappa shape index (κ3) is 2.62. The molecule has 104 valence electrons. The highest BCUT2D eigenvalue weighted by atomic mass is 35.5. The zero-order chi connectivity index (χ0) is 13.2. The van der Waals surface area contributed by atoms with Crippen LogP contribution in [0.15, 0.2) is 11.0 Å². The van der Waals surface area contributed by atoms with E-state index in [0.717, 1.165) is 38.2 Å². The molecule has 1 atom stereocenters. The van der Waals surface area contributed by atoms with Crippen LogP contribution in [-0.2, 0) is 4.74 Å². The van der Waals surface area contributed by atoms with E-state index in [9.17, 15) is 4.79 Å². The molecule has 5 nitrogen and oxygen atoms in total. The highest BCUT2D eigenvalue weighted by Crippen LogP contribution is 2.31. The van der Waals surface area contributed by atoms with Crippen LogP contribution in [-0.4, -0.2) is 36.0 Å². The summed E-state index contributed by atoms with van der Waals surface area (Å²) in [6, 6.07) is 0. The van der Waals surface area contributed by atoms with Gasteiger partial charge >= 0.3 is 0 Å². The number of rotatable bonds is 2. The quantitative estimate of drug-likeness (QED) is 0.899. The van der Waals surface area contributed by atoms with Crippen LogP contribution in [0.2, 0.25) is 5.02 Å². The summed E-state index contributed by atoms with van der Waals surface area (Å²) in [5.41, 5.74) is 0.427. The molecule has 1 N–H and O–H groups in total. The number of ether oxygens (including phenoxy) is 1. The number of nitrogens with one attached hydrogen (secondary N) is 1. The Kier molecular flexibility index (Phi) is 3.75. The third-order valence-electron chi connectivity index (χ3n) is 4.15. The zero-order valence-corrected chi connectivity index (χ0v) is 11.5. The topological polar surface area (TPSA) is 58.2 Å². The van der Waals surface area contributed by atoms with Gasteiger partial charge in [0.2, 0.25) is 0 Å². The first-order valence-electron chi connectivity index (χ1n) is 6.85. The van der Waals surface area contributed by atoms with Crippen molar-refractivity contribution in [2.75, 3.05) is 24.6 Å². The molecule has 0 aliphatic carbocycles. The molecule has 1 unspecified atom stereocenters. The van der Waals surface area contributed by atoms with Crippen LogP contribution in [0.3, 0.4) is 0 Å². The van der Waals surface area contributed by atoms with Crippen molar-refractivity contribution >= 4 is 17.3 Å². The van der Waals surface area contributed by atoms with Crippen molar-refractivity contribution in [3.63, 3.8) is 0 Å². The highest BCUT2D eigenvalue weighted by molar-refractivity contribution is 6.32. The molecule has 0 bridgehead atoms. The number of aromatic nitrogens is 2. The summed E-state index contributed by atoms with van der Waals surface area (Å²) in [4.78, 5) is 13.6. The van der Waals surface area contributed by atoms with E-state index in [1.807, 2.05) is 0 Å². The first-order chi connectivity index (χ1) is 9.25. The van der Waals surface area contributed by atoms with Crippen molar-refractivity contribution in [2.24, 2.45) is 5.92 Å². The van der Waals surface area contributed by atoms with Crippen LogP contribution in [0, 0.1) is 5.92 Å². The molecule has 0 saturated carbocycles. The van der Waals surface area contributed by atoms with Gasteiger partial charge in [0, 0.05) is 19.7 Å². The summed E-state index contributed by atoms with van der Waals surface area (Å²) in [6.45, 7) is 2.74. The number of nitrogens with zero attached hydrogens (tertiary/aromatic N) is 2. The molecule has 2 aliphatic rings. The molecular formula is C13H18ClN3O2. The molecule has 0 amide bonds. The van der Waals surface area contributed by atoms with Crippen molar-refractivity contribution in [1.82, 2.24) is 10.2 Å². The summed E-state index contributed by atoms with van der Waals surface area (Å²) < 4.78 is 5.76. The Morgan fingerprint density at radius 2 is 2.16 bits per heavy atom. The Balaban J connectivity index is 1.66. The second-order valence-electron chi connectivity index (χ2n) is 5.27. The van der Waals surface area contributed by atoms with Gasteiger partial charge in [-0.1, -0.05) is 11.6 Å². The standard InChI is InChI=1S/C13H18ClN3O2/c14-12-10(8-15-16-13(12)18)17-5-3-9(4-6-17)11-2-1-7-19-11/h8-9,11H,1-7H2,(H,16,18). The van der Waals surface area contributed by atoms with E-state index in [4.69, 9.17) is 16.3 Å². The Morgan fingerprint density at radius 3 is 2.84 bits per heavy atom. The van der Waals surface area contributed by atoms with E-state index in [-0.39, 0.29) is 10.6 Å². The lowest BCUT2D eigenvalue weighted by molar-refractivity contribution is 0.0531. The summed E-state index contributed by atoms with van der Waals surface area (Å²) in [6.07, 6.45) is 6.64. The molecule has 2 saturated heterocycles. The summed E-state index contributed by atoms with van der Waals surface area (Å²) >= 11 is 6.04. The average molecular weight is 284 g/mol. The Morgan fingerprint density at radius 1 is 1.37 bits per heavy atom. The van der Waals surface area contributed by atoms with E-state index >= 15 is 0 Å². The van der Waals surface area contributed by atoms with Crippen LogP contribution in [0.25, 0.3) is 0 Å². The number of piperidine rings is 1. The molecule has 19 heavy (non-hydrogen) atoms. The van der Waals surface area contributed by atoms with Gasteiger partial charge in [-0.15, -0.1) is 0 Å². The smallest absolute Gasteiger partial charge is 0.285 e. The van der Waals surface area contributed by atoms with Crippen LogP contribution in [0.1, 0.15) is 25.7 Å². The predicted molar refractivity (Wildman–Crippen MR) is 73.8 cm³/mol. The average Bonchev–Trinajstić information content (AvgIpc) is 2.96. The van der Waals surface area contributed by atoms with Gasteiger partial charge in [0.15, 0.2) is 0 Å². The SMILES string of the molecule is O=c1[nH]ncc(N2CCC(C3CCCO3)CC2)c1Cl. The fourth-order valence-electron chi connectivity index (χ4n) is 3.08. The summed E-state index contributed by atoms with van der Waals surface area (Å²) in [5.74, 6) is 0.646. The molecule has 0 radical (unpaired) electrons. The minimum absolute atomic E-state index is 0.241. The van der Waals surface area contributed by atoms with Crippen molar-refractivity contribution in [1.29, 1.82) is 0 Å². The molecule has 1 aromatic heterocycles. The number of hydrogen-bond donors (Lipinski definition) is 1. The zero-order valence-electron chi connectivity index (χ0n) is 10.8. The lowest BCUT2D eigenvalue weighted by Crippen LogP contribution is -2.38. The first kappa shape index (κ1) is 12.9. The lowest BCUT2D eigenvalue weighted by Gasteiger charge is -2.35. The fourth-order valence-corrected chi connectivity index (χ4v) is 3.29. The van der Waals surface area contributed by atoms with Gasteiger partial charge in [0.1, 0.15) is 5.02 Å². The number of H-pyrrole nitrogens is 1. The van der Waals surface area contributed by atoms with Crippen LogP contribution in [0.5, 0.6) is 0 Å². The number of aromatic amines is 1. The molecule has 1 aromatic rings. The van der Waals surface area contributed by atoms with Gasteiger partial charge in [0.05, 0.1) is 18.0 Å². The molecule has 3 heterocycles. The molecule has 3 rings (SSSR count). The summed E-state index contributed by atoms with van der Waals surface area (Å²) in [5, 5.41) is 6.42. The first-order valence-corrected chi connectivity index (χ1v) is 7.23. The van der Waals surface area contributed by atoms with Gasteiger partial charge in [-0.25, -0.2) is 5.10 Å². The minimum Gasteiger partial charge on any atom is -0.378 e. The van der Waals surface area contributed by atoms with E-state index in [1.165, 1.54) is 12.8 Å². The van der Waals surface area contributed by atoms with Crippen molar-refractivity contribution < 1.29 is 4.74 Å². The van der Waals surface area contributed by atoms with Gasteiger partial charge < -0.3 is 9.64 Å². The molecular weight excluding hydrogens is 266 g/mol. The Labute approximate surface area is 116 Å². The lowest BCUT2D eigenvalue weighted by atomic mass is 9.89. The summed E-state index contributed by atoms with van der Waals surface area (Å²) in [7, 11) is 0. The maximum Gasteiger partial charge on any atom is 0.285 e. The van der Waals surface area contributed by atoms with Crippen LogP contribution < -0.4 is 10.5 Å². The predicted octanol–water partition coefficient (Wildman–Crippen LogP) is 1.82. The third-order valence-corrected chi connectivity index (χ3v) is 4.51. The Hall–Kier alpha value is -1.07. The second-order valence-corrected chi connectivity index (χ2v) is 5.65. The van der Waals surface area contributed by atoms with Gasteiger partial charge in [-0.2, -0.15) is 5.10 Å². The number of anilines is 1. The Bertz CT molecular complexity index is 491. The van der Waals surface area contributed by atoms with Crippen molar-refractivity contribution in [2.45, 2.75) is 31.8 Å². The molecule has 0 aromatic carbocycles. The molecule has 0 spiro atoms. The van der Waals surface area contributed by atoms with Gasteiger partial charge in [-0.3, -0.25) is 4.79 Å². The van der Waals surface area contributed by atoms with Crippen LogP contribution >= 0.6 is 11.6 Å². The van der Waals surface area contributed by atoms with E-state index < -0.39 is 0 Å². The highest BCUT2D eigenvalue weighted by Gasteiger charge is 2.30. The normalized spacial score (nSPS) is 24.9. The second kappa shape index (κ2) is 5.51. The van der Waals surface area contributed by atoms with Crippen LogP contribution in [0.4, 0.5) is 5.69 Å². The van der Waals surface area contributed by atoms with Gasteiger partial charge in [-0.05, 0) is 31.6 Å². The van der Waals surface area contributed by atoms with Gasteiger partial charge in [0.25, 0.3) is 5.56 Å². The maximum atomic E-state index is 11.5.